The van der Waals surface area contributed by atoms with Gasteiger partial charge in [-0.05, 0) is 31.2 Å². The van der Waals surface area contributed by atoms with Crippen LogP contribution in [0, 0.1) is 6.92 Å². The van der Waals surface area contributed by atoms with Gasteiger partial charge in [-0.1, -0.05) is 6.07 Å². The zero-order valence-electron chi connectivity index (χ0n) is 16.2. The summed E-state index contributed by atoms with van der Waals surface area (Å²) in [5, 5.41) is 12.7. The molecule has 3 aromatic heterocycles. The number of aliphatic hydroxyl groups is 1. The van der Waals surface area contributed by atoms with Crippen LogP contribution in [-0.4, -0.2) is 55.4 Å². The number of anilines is 3. The maximum atomic E-state index is 13.8. The van der Waals surface area contributed by atoms with Crippen LogP contribution in [0.15, 0.2) is 36.5 Å². The molecule has 4 heterocycles. The zero-order chi connectivity index (χ0) is 22.2. The minimum absolute atomic E-state index is 0.0108. The molecular weight excluding hydrogens is 418 g/mol. The van der Waals surface area contributed by atoms with E-state index in [0.717, 1.165) is 11.8 Å². The molecule has 0 bridgehead atoms. The summed E-state index contributed by atoms with van der Waals surface area (Å²) in [7, 11) is 0. The maximum Gasteiger partial charge on any atom is 0.433 e. The Labute approximate surface area is 174 Å². The number of hydrogen-bond donors (Lipinski definition) is 2. The summed E-state index contributed by atoms with van der Waals surface area (Å²) in [4.78, 5) is 21.7. The summed E-state index contributed by atoms with van der Waals surface area (Å²) in [5.74, 6) is -0.0838. The number of aromatic nitrogens is 5. The third-order valence-electron chi connectivity index (χ3n) is 4.55. The first-order chi connectivity index (χ1) is 14.7. The van der Waals surface area contributed by atoms with Crippen molar-refractivity contribution in [1.82, 2.24) is 24.9 Å². The molecular formula is C19H17F4N7O. The van der Waals surface area contributed by atoms with Crippen molar-refractivity contribution in [2.24, 2.45) is 0 Å². The highest BCUT2D eigenvalue weighted by Crippen LogP contribution is 2.30. The highest BCUT2D eigenvalue weighted by molar-refractivity contribution is 5.59. The molecule has 12 heteroatoms. The number of rotatable bonds is 4. The number of nitrogens with one attached hydrogen (secondary N) is 1. The van der Waals surface area contributed by atoms with Crippen molar-refractivity contribution in [1.29, 1.82) is 0 Å². The minimum Gasteiger partial charge on any atom is -0.388 e. The first-order valence-electron chi connectivity index (χ1n) is 9.26. The lowest BCUT2D eigenvalue weighted by atomic mass is 10.3. The molecule has 0 spiro atoms. The third-order valence-corrected chi connectivity index (χ3v) is 4.55. The number of nitrogens with zero attached hydrogens (tertiary/aromatic N) is 6. The quantitative estimate of drug-likeness (QED) is 0.604. The Morgan fingerprint density at radius 2 is 1.90 bits per heavy atom. The third kappa shape index (κ3) is 4.68. The Bertz CT molecular complexity index is 1080. The number of pyridine rings is 2. The standard InChI is InChI=1S/C19H17F4N7O/c1-10-7-11(5-6-24-10)25-17-27-16(13-3-2-4-15(26-13)19(21,22)23)28-18(29-17)30-8-12(20)14(31)9-30/h2-7,12,14,31H,8-9H2,1H3,(H,24,25,27,28,29)/t12-,14-/m0/s1. The van der Waals surface area contributed by atoms with Gasteiger partial charge in [0.2, 0.25) is 11.9 Å². The van der Waals surface area contributed by atoms with Crippen molar-refractivity contribution in [3.8, 4) is 11.5 Å². The van der Waals surface area contributed by atoms with Crippen molar-refractivity contribution in [3.63, 3.8) is 0 Å². The van der Waals surface area contributed by atoms with Gasteiger partial charge >= 0.3 is 6.18 Å². The number of hydrogen-bond acceptors (Lipinski definition) is 8. The van der Waals surface area contributed by atoms with Gasteiger partial charge in [-0.3, -0.25) is 4.98 Å². The predicted molar refractivity (Wildman–Crippen MR) is 103 cm³/mol. The molecule has 1 aliphatic rings. The second-order valence-electron chi connectivity index (χ2n) is 6.99. The lowest BCUT2D eigenvalue weighted by Crippen LogP contribution is -2.24. The molecule has 4 rings (SSSR count). The van der Waals surface area contributed by atoms with Crippen LogP contribution in [0.5, 0.6) is 0 Å². The molecule has 1 aliphatic heterocycles. The van der Waals surface area contributed by atoms with Gasteiger partial charge in [0.25, 0.3) is 0 Å². The highest BCUT2D eigenvalue weighted by Gasteiger charge is 2.34. The van der Waals surface area contributed by atoms with Crippen molar-refractivity contribution >= 4 is 17.6 Å². The normalized spacial score (nSPS) is 19.0. The first-order valence-corrected chi connectivity index (χ1v) is 9.26. The summed E-state index contributed by atoms with van der Waals surface area (Å²) in [6.07, 6.45) is -5.78. The van der Waals surface area contributed by atoms with E-state index in [1.807, 2.05) is 0 Å². The van der Waals surface area contributed by atoms with Gasteiger partial charge in [-0.15, -0.1) is 0 Å². The van der Waals surface area contributed by atoms with Crippen molar-refractivity contribution in [3.05, 3.63) is 47.9 Å². The average molecular weight is 435 g/mol. The van der Waals surface area contributed by atoms with Gasteiger partial charge in [0.05, 0.1) is 6.54 Å². The lowest BCUT2D eigenvalue weighted by molar-refractivity contribution is -0.141. The molecule has 0 amide bonds. The van der Waals surface area contributed by atoms with Crippen LogP contribution in [0.25, 0.3) is 11.5 Å². The minimum atomic E-state index is -4.64. The van der Waals surface area contributed by atoms with E-state index < -0.39 is 24.1 Å². The Kier molecular flexibility index (Phi) is 5.39. The van der Waals surface area contributed by atoms with Crippen LogP contribution >= 0.6 is 0 Å². The van der Waals surface area contributed by atoms with Gasteiger partial charge < -0.3 is 15.3 Å². The highest BCUT2D eigenvalue weighted by atomic mass is 19.4. The SMILES string of the molecule is Cc1cc(Nc2nc(-c3cccc(C(F)(F)F)n3)nc(N3C[C@H](O)[C@@H](F)C3)n2)ccn1. The largest absolute Gasteiger partial charge is 0.433 e. The molecule has 31 heavy (non-hydrogen) atoms. The predicted octanol–water partition coefficient (Wildman–Crippen LogP) is 2.92. The number of aryl methyl sites for hydroxylation is 1. The Morgan fingerprint density at radius 3 is 2.58 bits per heavy atom. The van der Waals surface area contributed by atoms with E-state index in [1.165, 1.54) is 17.0 Å². The van der Waals surface area contributed by atoms with Crippen molar-refractivity contribution in [2.45, 2.75) is 25.4 Å². The Morgan fingerprint density at radius 1 is 1.10 bits per heavy atom. The summed E-state index contributed by atoms with van der Waals surface area (Å²) in [6, 6.07) is 6.77. The number of aliphatic hydroxyl groups excluding tert-OH is 1. The molecule has 3 aromatic rings. The molecule has 0 aliphatic carbocycles. The van der Waals surface area contributed by atoms with Crippen LogP contribution in [0.2, 0.25) is 0 Å². The molecule has 0 unspecified atom stereocenters. The molecule has 8 nitrogen and oxygen atoms in total. The summed E-state index contributed by atoms with van der Waals surface area (Å²) < 4.78 is 53.1. The number of halogens is 4. The molecule has 2 N–H and O–H groups in total. The van der Waals surface area contributed by atoms with Crippen LogP contribution < -0.4 is 10.2 Å². The molecule has 2 atom stereocenters. The summed E-state index contributed by atoms with van der Waals surface area (Å²) >= 11 is 0. The molecule has 1 saturated heterocycles. The molecule has 0 aromatic carbocycles. The van der Waals surface area contributed by atoms with Gasteiger partial charge in [0.1, 0.15) is 23.7 Å². The van der Waals surface area contributed by atoms with Crippen LogP contribution in [0.1, 0.15) is 11.4 Å². The van der Waals surface area contributed by atoms with E-state index in [0.29, 0.717) is 5.69 Å². The molecule has 0 saturated carbocycles. The fourth-order valence-corrected chi connectivity index (χ4v) is 3.06. The van der Waals surface area contributed by atoms with Gasteiger partial charge in [0.15, 0.2) is 5.82 Å². The second kappa shape index (κ2) is 8.02. The van der Waals surface area contributed by atoms with E-state index in [9.17, 15) is 22.7 Å². The fraction of sp³-hybridized carbons (Fsp3) is 0.316. The Hall–Kier alpha value is -3.41. The smallest absolute Gasteiger partial charge is 0.388 e. The van der Waals surface area contributed by atoms with E-state index in [1.54, 1.807) is 25.3 Å². The zero-order valence-corrected chi connectivity index (χ0v) is 16.2. The van der Waals surface area contributed by atoms with Crippen molar-refractivity contribution < 1.29 is 22.7 Å². The summed E-state index contributed by atoms with van der Waals surface area (Å²) in [5.41, 5.74) is 0.107. The molecule has 1 fully saturated rings. The molecule has 162 valence electrons. The average Bonchev–Trinajstić information content (AvgIpc) is 3.06. The fourth-order valence-electron chi connectivity index (χ4n) is 3.06. The number of alkyl halides is 4. The van der Waals surface area contributed by atoms with Crippen molar-refractivity contribution in [2.75, 3.05) is 23.3 Å². The van der Waals surface area contributed by atoms with E-state index in [2.05, 4.69) is 30.2 Å². The lowest BCUT2D eigenvalue weighted by Gasteiger charge is -2.17. The maximum absolute atomic E-state index is 13.8. The monoisotopic (exact) mass is 435 g/mol. The van der Waals surface area contributed by atoms with Crippen LogP contribution in [0.4, 0.5) is 35.1 Å². The van der Waals surface area contributed by atoms with E-state index in [4.69, 9.17) is 0 Å². The first kappa shape index (κ1) is 20.8. The number of β-amino-alcohol motifs (C(OH)–C–C–N with tert-alkyl or cyclic N) is 1. The van der Waals surface area contributed by atoms with Crippen LogP contribution in [0.3, 0.4) is 0 Å². The van der Waals surface area contributed by atoms with Gasteiger partial charge in [-0.2, -0.15) is 28.1 Å². The van der Waals surface area contributed by atoms with Crippen LogP contribution in [-0.2, 0) is 6.18 Å². The van der Waals surface area contributed by atoms with E-state index >= 15 is 0 Å². The van der Waals surface area contributed by atoms with E-state index in [-0.39, 0.29) is 36.5 Å². The van der Waals surface area contributed by atoms with Gasteiger partial charge in [-0.25, -0.2) is 9.37 Å². The topological polar surface area (TPSA) is 100.0 Å². The Balaban J connectivity index is 1.76. The molecule has 0 radical (unpaired) electrons. The summed E-state index contributed by atoms with van der Waals surface area (Å²) in [6.45, 7) is 1.57. The second-order valence-corrected chi connectivity index (χ2v) is 6.99. The van der Waals surface area contributed by atoms with Gasteiger partial charge in [0, 0.05) is 24.1 Å².